The van der Waals surface area contributed by atoms with E-state index in [9.17, 15) is 9.65 Å². The first-order chi connectivity index (χ1) is 14.3. The van der Waals surface area contributed by atoms with Gasteiger partial charge in [-0.2, -0.15) is 10.4 Å². The summed E-state index contributed by atoms with van der Waals surface area (Å²) in [5.41, 5.74) is 8.07. The van der Waals surface area contributed by atoms with E-state index in [1.165, 1.54) is 16.8 Å². The maximum Gasteiger partial charge on any atom is 0.193 e. The van der Waals surface area contributed by atoms with Gasteiger partial charge in [0.25, 0.3) is 0 Å². The first kappa shape index (κ1) is 21.6. The first-order valence-electron chi connectivity index (χ1n) is 10.4. The molecule has 7 nitrogen and oxygen atoms in total. The summed E-state index contributed by atoms with van der Waals surface area (Å²) in [5.74, 6) is 0.885. The van der Waals surface area contributed by atoms with Gasteiger partial charge >= 0.3 is 0 Å². The third-order valence-corrected chi connectivity index (χ3v) is 5.32. The molecule has 1 aromatic carbocycles. The molecule has 2 aromatic rings. The van der Waals surface area contributed by atoms with E-state index in [4.69, 9.17) is 10.7 Å². The number of guanidine groups is 1. The van der Waals surface area contributed by atoms with Crippen molar-refractivity contribution in [3.8, 4) is 11.8 Å². The molecule has 1 saturated heterocycles. The Kier molecular flexibility index (Phi) is 6.60. The van der Waals surface area contributed by atoms with Crippen LogP contribution in [0.15, 0.2) is 29.3 Å². The fourth-order valence-electron chi connectivity index (χ4n) is 3.70. The molecule has 1 fully saturated rings. The van der Waals surface area contributed by atoms with Crippen molar-refractivity contribution in [2.24, 2.45) is 10.4 Å². The molecular formula is C22H30FN7. The van der Waals surface area contributed by atoms with E-state index in [1.807, 2.05) is 0 Å². The van der Waals surface area contributed by atoms with Crippen molar-refractivity contribution in [2.45, 2.75) is 40.0 Å². The molecule has 1 aliphatic rings. The molecule has 3 rings (SSSR count). The van der Waals surface area contributed by atoms with Crippen LogP contribution < -0.4 is 11.1 Å². The van der Waals surface area contributed by atoms with E-state index < -0.39 is 0 Å². The summed E-state index contributed by atoms with van der Waals surface area (Å²) in [6, 6.07) is 8.03. The average molecular weight is 412 g/mol. The molecule has 0 atom stereocenters. The quantitative estimate of drug-likeness (QED) is 0.433. The van der Waals surface area contributed by atoms with Gasteiger partial charge in [0.15, 0.2) is 5.96 Å². The van der Waals surface area contributed by atoms with Crippen molar-refractivity contribution in [3.63, 3.8) is 0 Å². The number of aromatic nitrogens is 2. The Morgan fingerprint density at radius 3 is 2.70 bits per heavy atom. The molecule has 3 N–H and O–H groups in total. The van der Waals surface area contributed by atoms with Crippen LogP contribution in [0.5, 0.6) is 0 Å². The number of anilines is 1. The number of nitrogens with zero attached hydrogens (tertiary/aromatic N) is 5. The monoisotopic (exact) mass is 411 g/mol. The minimum Gasteiger partial charge on any atom is -0.382 e. The summed E-state index contributed by atoms with van der Waals surface area (Å²) < 4.78 is 14.7. The normalized spacial score (nSPS) is 16.0. The molecule has 0 bridgehead atoms. The van der Waals surface area contributed by atoms with Crippen molar-refractivity contribution >= 4 is 11.8 Å². The maximum absolute atomic E-state index is 13.2. The summed E-state index contributed by atoms with van der Waals surface area (Å²) in [6.07, 6.45) is 2.50. The fourth-order valence-corrected chi connectivity index (χ4v) is 3.70. The molecule has 0 saturated carbocycles. The molecule has 0 amide bonds. The van der Waals surface area contributed by atoms with Crippen LogP contribution in [0.4, 0.5) is 10.2 Å². The van der Waals surface area contributed by atoms with Crippen molar-refractivity contribution in [3.05, 3.63) is 41.3 Å². The van der Waals surface area contributed by atoms with Gasteiger partial charge in [-0.05, 0) is 55.9 Å². The van der Waals surface area contributed by atoms with Gasteiger partial charge < -0.3 is 16.0 Å². The van der Waals surface area contributed by atoms with E-state index in [0.717, 1.165) is 38.4 Å². The van der Waals surface area contributed by atoms with Gasteiger partial charge in [0, 0.05) is 26.2 Å². The standard InChI is InChI=1S/C22H30FN7/c1-4-26-21(29-13-11-22(2,3)15-29)27-12-5-6-19-18(14-24)20(25)30(28-19)17-9-7-16(23)8-10-17/h7-10H,4-6,11-13,15,25H2,1-3H3,(H,26,27). The van der Waals surface area contributed by atoms with Gasteiger partial charge in [-0.25, -0.2) is 9.07 Å². The highest BCUT2D eigenvalue weighted by molar-refractivity contribution is 5.80. The summed E-state index contributed by atoms with van der Waals surface area (Å²) in [7, 11) is 0. The van der Waals surface area contributed by atoms with Gasteiger partial charge in [0.2, 0.25) is 0 Å². The van der Waals surface area contributed by atoms with Gasteiger partial charge in [0.1, 0.15) is 23.3 Å². The molecule has 2 heterocycles. The number of aliphatic imine (C=N–C) groups is 1. The van der Waals surface area contributed by atoms with Gasteiger partial charge in [0.05, 0.1) is 11.4 Å². The topological polar surface area (TPSA) is 95.3 Å². The van der Waals surface area contributed by atoms with Crippen LogP contribution in [0.1, 0.15) is 44.9 Å². The number of likely N-dealkylation sites (tertiary alicyclic amines) is 1. The van der Waals surface area contributed by atoms with Crippen LogP contribution in [-0.2, 0) is 6.42 Å². The second-order valence-electron chi connectivity index (χ2n) is 8.38. The molecule has 8 heteroatoms. The SMILES string of the molecule is CCNC(=NCCCc1nn(-c2ccc(F)cc2)c(N)c1C#N)N1CCC(C)(C)C1. The van der Waals surface area contributed by atoms with Gasteiger partial charge in [-0.1, -0.05) is 13.8 Å². The van der Waals surface area contributed by atoms with Gasteiger partial charge in [-0.3, -0.25) is 4.99 Å². The summed E-state index contributed by atoms with van der Waals surface area (Å²) in [5, 5.41) is 17.4. The Morgan fingerprint density at radius 1 is 1.37 bits per heavy atom. The number of aryl methyl sites for hydroxylation is 1. The smallest absolute Gasteiger partial charge is 0.193 e. The minimum absolute atomic E-state index is 0.273. The zero-order valence-electron chi connectivity index (χ0n) is 18.0. The molecule has 0 radical (unpaired) electrons. The van der Waals surface area contributed by atoms with E-state index in [-0.39, 0.29) is 11.6 Å². The van der Waals surface area contributed by atoms with Crippen molar-refractivity contribution in [1.82, 2.24) is 20.0 Å². The van der Waals surface area contributed by atoms with E-state index in [2.05, 4.69) is 42.2 Å². The predicted octanol–water partition coefficient (Wildman–Crippen LogP) is 3.10. The molecular weight excluding hydrogens is 381 g/mol. The third kappa shape index (κ3) is 4.90. The Balaban J connectivity index is 1.68. The average Bonchev–Trinajstić information content (AvgIpc) is 3.23. The second-order valence-corrected chi connectivity index (χ2v) is 8.38. The molecule has 0 spiro atoms. The summed E-state index contributed by atoms with van der Waals surface area (Å²) in [4.78, 5) is 7.08. The van der Waals surface area contributed by atoms with E-state index >= 15 is 0 Å². The largest absolute Gasteiger partial charge is 0.382 e. The lowest BCUT2D eigenvalue weighted by atomic mass is 9.93. The lowest BCUT2D eigenvalue weighted by Gasteiger charge is -2.23. The Hall–Kier alpha value is -3.08. The second kappa shape index (κ2) is 9.16. The number of nitrogen functional groups attached to an aromatic ring is 1. The molecule has 0 aliphatic carbocycles. The molecule has 1 aliphatic heterocycles. The molecule has 160 valence electrons. The Morgan fingerprint density at radius 2 is 2.10 bits per heavy atom. The lowest BCUT2D eigenvalue weighted by molar-refractivity contribution is 0.370. The Bertz CT molecular complexity index is 938. The first-order valence-corrected chi connectivity index (χ1v) is 10.4. The number of nitrogens with one attached hydrogen (secondary N) is 1. The number of halogens is 1. The lowest BCUT2D eigenvalue weighted by Crippen LogP contribution is -2.40. The highest BCUT2D eigenvalue weighted by Gasteiger charge is 2.30. The molecule has 1 aromatic heterocycles. The van der Waals surface area contributed by atoms with E-state index in [1.54, 1.807) is 12.1 Å². The number of hydrogen-bond acceptors (Lipinski definition) is 4. The van der Waals surface area contributed by atoms with Crippen molar-refractivity contribution in [2.75, 3.05) is 31.9 Å². The number of hydrogen-bond donors (Lipinski definition) is 2. The summed E-state index contributed by atoms with van der Waals surface area (Å²) >= 11 is 0. The van der Waals surface area contributed by atoms with Crippen LogP contribution in [-0.4, -0.2) is 46.8 Å². The highest BCUT2D eigenvalue weighted by Crippen LogP contribution is 2.28. The van der Waals surface area contributed by atoms with Crippen LogP contribution in [0, 0.1) is 22.6 Å². The number of nitriles is 1. The highest BCUT2D eigenvalue weighted by atomic mass is 19.1. The predicted molar refractivity (Wildman–Crippen MR) is 117 cm³/mol. The third-order valence-electron chi connectivity index (χ3n) is 5.32. The summed E-state index contributed by atoms with van der Waals surface area (Å²) in [6.45, 7) is 10.1. The molecule has 0 unspecified atom stereocenters. The Labute approximate surface area is 177 Å². The molecule has 30 heavy (non-hydrogen) atoms. The van der Waals surface area contributed by atoms with Crippen LogP contribution in [0.2, 0.25) is 0 Å². The van der Waals surface area contributed by atoms with Gasteiger partial charge in [-0.15, -0.1) is 0 Å². The zero-order chi connectivity index (χ0) is 21.7. The number of rotatable bonds is 6. The van der Waals surface area contributed by atoms with Crippen molar-refractivity contribution in [1.29, 1.82) is 5.26 Å². The zero-order valence-corrected chi connectivity index (χ0v) is 18.0. The van der Waals surface area contributed by atoms with Crippen LogP contribution in [0.25, 0.3) is 5.69 Å². The number of nitrogens with two attached hydrogens (primary N) is 1. The maximum atomic E-state index is 13.2. The van der Waals surface area contributed by atoms with E-state index in [0.29, 0.717) is 35.3 Å². The van der Waals surface area contributed by atoms with Crippen LogP contribution >= 0.6 is 0 Å². The minimum atomic E-state index is -0.332. The van der Waals surface area contributed by atoms with Crippen molar-refractivity contribution < 1.29 is 4.39 Å². The number of benzene rings is 1. The van der Waals surface area contributed by atoms with Crippen LogP contribution in [0.3, 0.4) is 0 Å². The fraction of sp³-hybridized carbons (Fsp3) is 0.500.